The number of hydrogen-bond acceptors (Lipinski definition) is 8. The maximum Gasteiger partial charge on any atom is 0.342 e. The molecule has 3 heterocycles. The van der Waals surface area contributed by atoms with Gasteiger partial charge < -0.3 is 9.64 Å². The molecule has 2 aliphatic heterocycles. The first-order valence-electron chi connectivity index (χ1n) is 10.1. The lowest BCUT2D eigenvalue weighted by Crippen LogP contribution is -2.54. The van der Waals surface area contributed by atoms with Crippen molar-refractivity contribution in [3.8, 4) is 0 Å². The number of carbonyl (C=O) groups excluding carboxylic acids is 2. The van der Waals surface area contributed by atoms with E-state index in [9.17, 15) is 18.0 Å². The van der Waals surface area contributed by atoms with E-state index in [4.69, 9.17) is 4.74 Å². The number of carbonyl (C=O) groups is 2. The van der Waals surface area contributed by atoms with Gasteiger partial charge in [-0.25, -0.2) is 14.8 Å². The second-order valence-electron chi connectivity index (χ2n) is 7.41. The van der Waals surface area contributed by atoms with Gasteiger partial charge in [-0.1, -0.05) is 30.3 Å². The topological polar surface area (TPSA) is 116 Å². The Balaban J connectivity index is 1.41. The van der Waals surface area contributed by atoms with Crippen LogP contribution in [0.15, 0.2) is 42.6 Å². The Morgan fingerprint density at radius 1 is 1.03 bits per heavy atom. The van der Waals surface area contributed by atoms with Crippen LogP contribution in [0.3, 0.4) is 0 Å². The maximum atomic E-state index is 13.1. The summed E-state index contributed by atoms with van der Waals surface area (Å²) in [5.74, 6) is 0.693. The number of aromatic nitrogens is 2. The number of methoxy groups -OCH3 is 1. The van der Waals surface area contributed by atoms with Crippen LogP contribution in [0.4, 0.5) is 10.6 Å². The van der Waals surface area contributed by atoms with Crippen molar-refractivity contribution in [2.24, 2.45) is 0 Å². The summed E-state index contributed by atoms with van der Waals surface area (Å²) in [6, 6.07) is 9.92. The molecule has 1 aromatic heterocycles. The van der Waals surface area contributed by atoms with Crippen molar-refractivity contribution >= 4 is 28.0 Å². The zero-order valence-corrected chi connectivity index (χ0v) is 18.4. The first-order valence-corrected chi connectivity index (χ1v) is 11.5. The third-order valence-electron chi connectivity index (χ3n) is 5.34. The number of rotatable bonds is 7. The lowest BCUT2D eigenvalue weighted by atomic mass is 10.2. The highest BCUT2D eigenvalue weighted by atomic mass is 32.2. The molecule has 2 aromatic rings. The van der Waals surface area contributed by atoms with Gasteiger partial charge >= 0.3 is 16.2 Å². The fraction of sp³-hybridized carbons (Fsp3) is 0.400. The van der Waals surface area contributed by atoms with Crippen LogP contribution in [0.25, 0.3) is 0 Å². The predicted molar refractivity (Wildman–Crippen MR) is 115 cm³/mol. The fourth-order valence-corrected chi connectivity index (χ4v) is 5.14. The minimum atomic E-state index is -4.12. The fourth-order valence-electron chi connectivity index (χ4n) is 3.67. The standard InChI is InChI=1S/C20H24N6O5S/c1-31-15-17-21-8-7-18(22-17)23-9-11-24(12-10-23)32(29,30)26-14-19(27)25(20(26)28)13-16-5-3-2-4-6-16/h2-8H,9-15H2,1H3. The van der Waals surface area contributed by atoms with Crippen molar-refractivity contribution < 1.29 is 22.7 Å². The molecule has 0 radical (unpaired) electrons. The highest BCUT2D eigenvalue weighted by Crippen LogP contribution is 2.22. The largest absolute Gasteiger partial charge is 0.377 e. The smallest absolute Gasteiger partial charge is 0.342 e. The Kier molecular flexibility index (Phi) is 6.35. The summed E-state index contributed by atoms with van der Waals surface area (Å²) < 4.78 is 33.2. The van der Waals surface area contributed by atoms with Gasteiger partial charge in [0.15, 0.2) is 5.82 Å². The van der Waals surface area contributed by atoms with Crippen LogP contribution >= 0.6 is 0 Å². The number of ether oxygens (including phenoxy) is 1. The zero-order chi connectivity index (χ0) is 22.7. The van der Waals surface area contributed by atoms with Crippen LogP contribution in [0.5, 0.6) is 0 Å². The minimum absolute atomic E-state index is 0.0375. The van der Waals surface area contributed by atoms with Crippen LogP contribution in [-0.2, 0) is 32.9 Å². The number of imide groups is 1. The maximum absolute atomic E-state index is 13.1. The second-order valence-corrected chi connectivity index (χ2v) is 9.27. The third kappa shape index (κ3) is 4.42. The van der Waals surface area contributed by atoms with Gasteiger partial charge in [0.05, 0.1) is 6.54 Å². The SMILES string of the molecule is COCc1nccc(N2CCN(S(=O)(=O)N3CC(=O)N(Cc4ccccc4)C3=O)CC2)n1. The number of piperazine rings is 1. The molecule has 2 aliphatic rings. The summed E-state index contributed by atoms with van der Waals surface area (Å²) in [6.45, 7) is 0.965. The summed E-state index contributed by atoms with van der Waals surface area (Å²) in [6.07, 6.45) is 1.63. The lowest BCUT2D eigenvalue weighted by molar-refractivity contribution is -0.125. The van der Waals surface area contributed by atoms with E-state index < -0.39 is 28.7 Å². The molecule has 0 saturated carbocycles. The molecular formula is C20H24N6O5S. The Hall–Kier alpha value is -3.09. The van der Waals surface area contributed by atoms with E-state index in [0.29, 0.717) is 29.0 Å². The summed E-state index contributed by atoms with van der Waals surface area (Å²) in [7, 11) is -2.56. The van der Waals surface area contributed by atoms with Crippen molar-refractivity contribution in [1.29, 1.82) is 0 Å². The van der Waals surface area contributed by atoms with E-state index in [1.54, 1.807) is 43.6 Å². The molecule has 0 N–H and O–H groups in total. The normalized spacial score (nSPS) is 18.0. The molecule has 32 heavy (non-hydrogen) atoms. The Labute approximate surface area is 186 Å². The monoisotopic (exact) mass is 460 g/mol. The van der Waals surface area contributed by atoms with Gasteiger partial charge in [-0.3, -0.25) is 9.69 Å². The molecule has 170 valence electrons. The first-order chi connectivity index (χ1) is 15.4. The molecular weight excluding hydrogens is 436 g/mol. The summed E-state index contributed by atoms with van der Waals surface area (Å²) >= 11 is 0. The molecule has 2 saturated heterocycles. The Morgan fingerprint density at radius 2 is 1.75 bits per heavy atom. The van der Waals surface area contributed by atoms with E-state index in [1.807, 2.05) is 11.0 Å². The molecule has 0 atom stereocenters. The minimum Gasteiger partial charge on any atom is -0.377 e. The van der Waals surface area contributed by atoms with Gasteiger partial charge in [0.2, 0.25) is 0 Å². The molecule has 1 aromatic carbocycles. The summed E-state index contributed by atoms with van der Waals surface area (Å²) in [4.78, 5) is 36.7. The number of amides is 3. The Bertz CT molecular complexity index is 1090. The average Bonchev–Trinajstić information content (AvgIpc) is 3.09. The molecule has 0 unspecified atom stereocenters. The summed E-state index contributed by atoms with van der Waals surface area (Å²) in [5.41, 5.74) is 0.750. The van der Waals surface area contributed by atoms with E-state index >= 15 is 0 Å². The van der Waals surface area contributed by atoms with Gasteiger partial charge in [-0.2, -0.15) is 17.0 Å². The van der Waals surface area contributed by atoms with Crippen LogP contribution in [0.2, 0.25) is 0 Å². The van der Waals surface area contributed by atoms with Crippen LogP contribution < -0.4 is 4.90 Å². The average molecular weight is 461 g/mol. The van der Waals surface area contributed by atoms with Crippen molar-refractivity contribution in [3.63, 3.8) is 0 Å². The van der Waals surface area contributed by atoms with E-state index in [1.165, 1.54) is 4.31 Å². The molecule has 0 spiro atoms. The number of hydrogen-bond donors (Lipinski definition) is 0. The van der Waals surface area contributed by atoms with Gasteiger partial charge in [-0.15, -0.1) is 0 Å². The highest BCUT2D eigenvalue weighted by Gasteiger charge is 2.45. The van der Waals surface area contributed by atoms with Crippen molar-refractivity contribution in [3.05, 3.63) is 54.0 Å². The van der Waals surface area contributed by atoms with Crippen LogP contribution in [0, 0.1) is 0 Å². The quantitative estimate of drug-likeness (QED) is 0.547. The third-order valence-corrected chi connectivity index (χ3v) is 7.20. The number of nitrogens with zero attached hydrogens (tertiary/aromatic N) is 6. The number of benzene rings is 1. The van der Waals surface area contributed by atoms with Crippen molar-refractivity contribution in [2.75, 3.05) is 44.7 Å². The molecule has 11 nitrogen and oxygen atoms in total. The van der Waals surface area contributed by atoms with Crippen molar-refractivity contribution in [1.82, 2.24) is 23.5 Å². The van der Waals surface area contributed by atoms with Gasteiger partial charge in [0, 0.05) is 39.5 Å². The highest BCUT2D eigenvalue weighted by molar-refractivity contribution is 7.87. The molecule has 3 amide bonds. The van der Waals surface area contributed by atoms with Crippen molar-refractivity contribution in [2.45, 2.75) is 13.2 Å². The predicted octanol–water partition coefficient (Wildman–Crippen LogP) is 0.454. The van der Waals surface area contributed by atoms with Gasteiger partial charge in [-0.05, 0) is 11.6 Å². The molecule has 0 aliphatic carbocycles. The Morgan fingerprint density at radius 3 is 2.44 bits per heavy atom. The number of urea groups is 1. The molecule has 2 fully saturated rings. The van der Waals surface area contributed by atoms with E-state index in [0.717, 1.165) is 10.5 Å². The van der Waals surface area contributed by atoms with Crippen LogP contribution in [0.1, 0.15) is 11.4 Å². The molecule has 4 rings (SSSR count). The van der Waals surface area contributed by atoms with E-state index in [2.05, 4.69) is 9.97 Å². The lowest BCUT2D eigenvalue weighted by Gasteiger charge is -2.36. The van der Waals surface area contributed by atoms with E-state index in [-0.39, 0.29) is 26.2 Å². The van der Waals surface area contributed by atoms with Gasteiger partial charge in [0.1, 0.15) is 19.0 Å². The molecule has 0 bridgehead atoms. The van der Waals surface area contributed by atoms with Crippen LogP contribution in [-0.4, -0.2) is 83.7 Å². The second kappa shape index (κ2) is 9.18. The molecule has 12 heteroatoms. The summed E-state index contributed by atoms with van der Waals surface area (Å²) in [5, 5.41) is 0. The zero-order valence-electron chi connectivity index (χ0n) is 17.6. The first kappa shape index (κ1) is 22.1. The number of anilines is 1. The van der Waals surface area contributed by atoms with Gasteiger partial charge in [0.25, 0.3) is 5.91 Å².